The molecule has 3 aromatic rings. The van der Waals surface area contributed by atoms with E-state index in [1.54, 1.807) is 29.3 Å². The summed E-state index contributed by atoms with van der Waals surface area (Å²) in [7, 11) is 0. The second-order valence-corrected chi connectivity index (χ2v) is 10.2. The third-order valence-electron chi connectivity index (χ3n) is 6.02. The number of amides is 2. The average Bonchev–Trinajstić information content (AvgIpc) is 3.46. The molecule has 0 spiro atoms. The predicted octanol–water partition coefficient (Wildman–Crippen LogP) is 5.97. The summed E-state index contributed by atoms with van der Waals surface area (Å²) in [5.74, 6) is -1.01. The van der Waals surface area contributed by atoms with Gasteiger partial charge in [0.2, 0.25) is 5.91 Å². The Balaban J connectivity index is 1.33. The maximum Gasteiger partial charge on any atom is 0.262 e. The summed E-state index contributed by atoms with van der Waals surface area (Å²) in [6.45, 7) is 1.88. The number of aliphatic imine (C=N–C) groups is 1. The van der Waals surface area contributed by atoms with Crippen LogP contribution in [-0.2, 0) is 9.59 Å². The maximum absolute atomic E-state index is 13.6. The van der Waals surface area contributed by atoms with E-state index >= 15 is 0 Å². The van der Waals surface area contributed by atoms with Gasteiger partial charge in [-0.1, -0.05) is 71.9 Å². The van der Waals surface area contributed by atoms with Gasteiger partial charge in [0, 0.05) is 23.6 Å². The standard InChI is InChI=1S/C27H22ClFN4O2S/c1-16-7-12-20(13-21(16)28)30-25(34)15-24-26(35)31-27(36-24)33-23(18-8-10-19(29)11-9-18)14-22(32-33)17-5-3-2-4-6-17/h2-13,23-24H,14-15H2,1H3,(H,30,34)/t23-,24-/m1/s1. The summed E-state index contributed by atoms with van der Waals surface area (Å²) in [5.41, 5.74) is 4.15. The van der Waals surface area contributed by atoms with Gasteiger partial charge in [-0.15, -0.1) is 0 Å². The molecule has 0 aliphatic carbocycles. The molecule has 36 heavy (non-hydrogen) atoms. The molecule has 0 saturated carbocycles. The van der Waals surface area contributed by atoms with Gasteiger partial charge >= 0.3 is 0 Å². The van der Waals surface area contributed by atoms with Gasteiger partial charge in [-0.25, -0.2) is 9.40 Å². The smallest absolute Gasteiger partial charge is 0.262 e. The van der Waals surface area contributed by atoms with E-state index in [4.69, 9.17) is 16.7 Å². The van der Waals surface area contributed by atoms with Crippen LogP contribution < -0.4 is 5.32 Å². The predicted molar refractivity (Wildman–Crippen MR) is 142 cm³/mol. The first-order chi connectivity index (χ1) is 17.4. The van der Waals surface area contributed by atoms with E-state index < -0.39 is 5.25 Å². The lowest BCUT2D eigenvalue weighted by molar-refractivity contribution is -0.121. The van der Waals surface area contributed by atoms with Crippen LogP contribution in [-0.4, -0.2) is 33.0 Å². The molecule has 0 fully saturated rings. The largest absolute Gasteiger partial charge is 0.326 e. The minimum absolute atomic E-state index is 0.0354. The molecule has 5 rings (SSSR count). The number of nitrogens with one attached hydrogen (secondary N) is 1. The van der Waals surface area contributed by atoms with E-state index in [0.29, 0.717) is 22.3 Å². The van der Waals surface area contributed by atoms with Crippen LogP contribution in [0.1, 0.15) is 35.6 Å². The number of rotatable bonds is 5. The van der Waals surface area contributed by atoms with Crippen molar-refractivity contribution in [1.82, 2.24) is 5.01 Å². The first-order valence-corrected chi connectivity index (χ1v) is 12.7. The van der Waals surface area contributed by atoms with E-state index in [9.17, 15) is 14.0 Å². The molecule has 0 unspecified atom stereocenters. The fraction of sp³-hybridized carbons (Fsp3) is 0.185. The van der Waals surface area contributed by atoms with Gasteiger partial charge in [-0.2, -0.15) is 10.1 Å². The molecule has 2 aliphatic heterocycles. The summed E-state index contributed by atoms with van der Waals surface area (Å²) in [6, 6.07) is 21.0. The van der Waals surface area contributed by atoms with Gasteiger partial charge in [0.05, 0.1) is 11.8 Å². The van der Waals surface area contributed by atoms with E-state index in [1.807, 2.05) is 43.3 Å². The van der Waals surface area contributed by atoms with Crippen LogP contribution in [0, 0.1) is 12.7 Å². The highest BCUT2D eigenvalue weighted by Crippen LogP contribution is 2.38. The molecule has 0 aromatic heterocycles. The number of carbonyl (C=O) groups is 2. The summed E-state index contributed by atoms with van der Waals surface area (Å²) < 4.78 is 13.6. The molecule has 3 aromatic carbocycles. The van der Waals surface area contributed by atoms with Crippen LogP contribution in [0.3, 0.4) is 0 Å². The van der Waals surface area contributed by atoms with Crippen molar-refractivity contribution in [3.05, 3.63) is 100 Å². The molecule has 2 amide bonds. The third kappa shape index (κ3) is 5.20. The van der Waals surface area contributed by atoms with Crippen molar-refractivity contribution in [3.8, 4) is 0 Å². The first-order valence-electron chi connectivity index (χ1n) is 11.4. The zero-order chi connectivity index (χ0) is 25.2. The number of aryl methyl sites for hydroxylation is 1. The highest BCUT2D eigenvalue weighted by Gasteiger charge is 2.39. The minimum atomic E-state index is -0.661. The van der Waals surface area contributed by atoms with Crippen molar-refractivity contribution in [1.29, 1.82) is 0 Å². The summed E-state index contributed by atoms with van der Waals surface area (Å²) in [6.07, 6.45) is 0.537. The molecule has 2 aliphatic rings. The van der Waals surface area contributed by atoms with E-state index in [0.717, 1.165) is 22.4 Å². The number of nitrogens with zero attached hydrogens (tertiary/aromatic N) is 3. The van der Waals surface area contributed by atoms with Crippen LogP contribution in [0.25, 0.3) is 0 Å². The topological polar surface area (TPSA) is 74.1 Å². The van der Waals surface area contributed by atoms with Crippen molar-refractivity contribution in [3.63, 3.8) is 0 Å². The highest BCUT2D eigenvalue weighted by atomic mass is 35.5. The van der Waals surface area contributed by atoms with Crippen LogP contribution in [0.2, 0.25) is 5.02 Å². The van der Waals surface area contributed by atoms with Crippen molar-refractivity contribution in [2.75, 3.05) is 5.32 Å². The Labute approximate surface area is 217 Å². The van der Waals surface area contributed by atoms with Gasteiger partial charge in [0.1, 0.15) is 11.1 Å². The maximum atomic E-state index is 13.6. The van der Waals surface area contributed by atoms with E-state index in [2.05, 4.69) is 10.3 Å². The van der Waals surface area contributed by atoms with Crippen molar-refractivity contribution in [2.24, 2.45) is 10.1 Å². The lowest BCUT2D eigenvalue weighted by Crippen LogP contribution is -2.25. The number of amidine groups is 1. The third-order valence-corrected chi connectivity index (χ3v) is 7.57. The molecule has 9 heteroatoms. The number of thioether (sulfide) groups is 1. The van der Waals surface area contributed by atoms with Crippen LogP contribution in [0.5, 0.6) is 0 Å². The number of benzene rings is 3. The van der Waals surface area contributed by atoms with Crippen molar-refractivity contribution < 1.29 is 14.0 Å². The SMILES string of the molecule is Cc1ccc(NC(=O)C[C@H]2SC(N3N=C(c4ccccc4)C[C@@H]3c3ccc(F)cc3)=NC2=O)cc1Cl. The minimum Gasteiger partial charge on any atom is -0.326 e. The molecule has 2 heterocycles. The first kappa shape index (κ1) is 24.2. The van der Waals surface area contributed by atoms with Crippen LogP contribution in [0.15, 0.2) is 82.9 Å². The fourth-order valence-electron chi connectivity index (χ4n) is 4.09. The molecular formula is C27H22ClFN4O2S. The summed E-state index contributed by atoms with van der Waals surface area (Å²) >= 11 is 7.36. The Morgan fingerprint density at radius 1 is 1.14 bits per heavy atom. The molecule has 6 nitrogen and oxygen atoms in total. The molecule has 1 N–H and O–H groups in total. The highest BCUT2D eigenvalue weighted by molar-refractivity contribution is 8.15. The Morgan fingerprint density at radius 3 is 2.61 bits per heavy atom. The quantitative estimate of drug-likeness (QED) is 0.450. The number of halogens is 2. The van der Waals surface area contributed by atoms with E-state index in [-0.39, 0.29) is 30.1 Å². The van der Waals surface area contributed by atoms with Gasteiger partial charge < -0.3 is 5.32 Å². The summed E-state index contributed by atoms with van der Waals surface area (Å²) in [4.78, 5) is 29.6. The van der Waals surface area contributed by atoms with Crippen LogP contribution in [0.4, 0.5) is 10.1 Å². The molecule has 182 valence electrons. The Hall–Kier alpha value is -3.49. The van der Waals surface area contributed by atoms with Crippen molar-refractivity contribution in [2.45, 2.75) is 31.1 Å². The lowest BCUT2D eigenvalue weighted by atomic mass is 9.99. The van der Waals surface area contributed by atoms with E-state index in [1.165, 1.54) is 23.9 Å². The van der Waals surface area contributed by atoms with Gasteiger partial charge in [0.15, 0.2) is 5.17 Å². The fourth-order valence-corrected chi connectivity index (χ4v) is 5.33. The van der Waals surface area contributed by atoms with Crippen LogP contribution >= 0.6 is 23.4 Å². The molecule has 0 saturated heterocycles. The van der Waals surface area contributed by atoms with Gasteiger partial charge in [0.25, 0.3) is 5.91 Å². The summed E-state index contributed by atoms with van der Waals surface area (Å²) in [5, 5.41) is 9.62. The Morgan fingerprint density at radius 2 is 1.89 bits per heavy atom. The zero-order valence-electron chi connectivity index (χ0n) is 19.3. The number of hydrazone groups is 1. The number of anilines is 1. The Kier molecular flexibility index (Phi) is 6.89. The van der Waals surface area contributed by atoms with Crippen molar-refractivity contribution >= 4 is 51.7 Å². The second-order valence-electron chi connectivity index (χ2n) is 8.58. The molecule has 0 radical (unpaired) electrons. The Bertz CT molecular complexity index is 1380. The number of carbonyl (C=O) groups excluding carboxylic acids is 2. The zero-order valence-corrected chi connectivity index (χ0v) is 20.9. The molecular weight excluding hydrogens is 499 g/mol. The second kappa shape index (κ2) is 10.2. The molecule has 0 bridgehead atoms. The number of hydrogen-bond acceptors (Lipinski definition) is 5. The average molecular weight is 521 g/mol. The van der Waals surface area contributed by atoms with Gasteiger partial charge in [-0.05, 0) is 47.9 Å². The molecule has 2 atom stereocenters. The van der Waals surface area contributed by atoms with Gasteiger partial charge in [-0.3, -0.25) is 9.59 Å². The number of hydrogen-bond donors (Lipinski definition) is 1. The lowest BCUT2D eigenvalue weighted by Gasteiger charge is -2.23. The normalized spacial score (nSPS) is 19.3. The monoisotopic (exact) mass is 520 g/mol.